The van der Waals surface area contributed by atoms with Crippen molar-refractivity contribution in [1.82, 2.24) is 5.32 Å². The van der Waals surface area contributed by atoms with Crippen LogP contribution in [0.1, 0.15) is 27.5 Å². The molecule has 0 spiro atoms. The number of hydrogen-bond donors (Lipinski definition) is 2. The number of ether oxygens (including phenoxy) is 1. The van der Waals surface area contributed by atoms with Crippen LogP contribution in [0.3, 0.4) is 0 Å². The fourth-order valence-electron chi connectivity index (χ4n) is 4.90. The zero-order valence-electron chi connectivity index (χ0n) is 15.2. The standard InChI is InChI=1S/C22H18N2O4/c1-28-14-8-6-13(7-9-14)20(25)19-17-16(21(26)23-22(17)27)18-15-5-3-2-4-12(15)10-11-24(18)19/h2-11,16-19H,1H3,(H,23,26,27)/p+1/t16-,17+,18-,19-/m0/s1. The van der Waals surface area contributed by atoms with Gasteiger partial charge in [0.1, 0.15) is 23.6 Å². The van der Waals surface area contributed by atoms with Crippen molar-refractivity contribution in [2.24, 2.45) is 11.8 Å². The Labute approximate surface area is 161 Å². The molecule has 2 fully saturated rings. The van der Waals surface area contributed by atoms with Crippen molar-refractivity contribution < 1.29 is 24.0 Å². The minimum Gasteiger partial charge on any atom is -0.497 e. The van der Waals surface area contributed by atoms with E-state index in [0.717, 1.165) is 16.0 Å². The van der Waals surface area contributed by atoms with Crippen molar-refractivity contribution in [1.29, 1.82) is 0 Å². The second-order valence-electron chi connectivity index (χ2n) is 7.42. The summed E-state index contributed by atoms with van der Waals surface area (Å²) in [5.74, 6) is -1.32. The Morgan fingerprint density at radius 2 is 1.71 bits per heavy atom. The van der Waals surface area contributed by atoms with Gasteiger partial charge in [0, 0.05) is 11.1 Å². The maximum Gasteiger partial charge on any atom is 0.237 e. The predicted molar refractivity (Wildman–Crippen MR) is 100 cm³/mol. The van der Waals surface area contributed by atoms with Gasteiger partial charge in [0.05, 0.1) is 13.3 Å². The molecule has 6 heteroatoms. The van der Waals surface area contributed by atoms with E-state index in [-0.39, 0.29) is 23.6 Å². The van der Waals surface area contributed by atoms with Gasteiger partial charge in [0.25, 0.3) is 0 Å². The Balaban J connectivity index is 1.61. The molecule has 3 aliphatic rings. The molecule has 2 aromatic carbocycles. The number of imide groups is 1. The summed E-state index contributed by atoms with van der Waals surface area (Å²) in [5, 5.41) is 2.45. The summed E-state index contributed by atoms with van der Waals surface area (Å²) in [6, 6.07) is 13.8. The molecule has 0 aromatic heterocycles. The summed E-state index contributed by atoms with van der Waals surface area (Å²) in [6.45, 7) is 0. The van der Waals surface area contributed by atoms with E-state index in [1.54, 1.807) is 31.4 Å². The predicted octanol–water partition coefficient (Wildman–Crippen LogP) is 0.759. The third-order valence-electron chi connectivity index (χ3n) is 6.12. The number of amides is 2. The van der Waals surface area contributed by atoms with Crippen LogP contribution in [-0.4, -0.2) is 30.7 Å². The lowest BCUT2D eigenvalue weighted by molar-refractivity contribution is -0.884. The van der Waals surface area contributed by atoms with Gasteiger partial charge < -0.3 is 4.74 Å². The summed E-state index contributed by atoms with van der Waals surface area (Å²) < 4.78 is 5.16. The quantitative estimate of drug-likeness (QED) is 0.614. The number of carbonyl (C=O) groups excluding carboxylic acids is 3. The van der Waals surface area contributed by atoms with Crippen molar-refractivity contribution in [3.8, 4) is 5.75 Å². The number of fused-ring (bicyclic) bond motifs is 5. The van der Waals surface area contributed by atoms with Gasteiger partial charge in [-0.2, -0.15) is 0 Å². The highest BCUT2D eigenvalue weighted by Gasteiger charge is 2.65. The van der Waals surface area contributed by atoms with Gasteiger partial charge in [-0.15, -0.1) is 0 Å². The second-order valence-corrected chi connectivity index (χ2v) is 7.42. The van der Waals surface area contributed by atoms with E-state index in [2.05, 4.69) is 5.32 Å². The zero-order valence-corrected chi connectivity index (χ0v) is 15.2. The largest absolute Gasteiger partial charge is 0.497 e. The van der Waals surface area contributed by atoms with Crippen molar-refractivity contribution in [2.45, 2.75) is 12.1 Å². The maximum absolute atomic E-state index is 13.4. The van der Waals surface area contributed by atoms with E-state index in [9.17, 15) is 14.4 Å². The summed E-state index contributed by atoms with van der Waals surface area (Å²) in [6.07, 6.45) is 3.90. The number of hydrogen-bond acceptors (Lipinski definition) is 4. The molecule has 2 N–H and O–H groups in total. The van der Waals surface area contributed by atoms with Crippen LogP contribution in [-0.2, 0) is 9.59 Å². The van der Waals surface area contributed by atoms with E-state index >= 15 is 0 Å². The summed E-state index contributed by atoms with van der Waals surface area (Å²) in [5.41, 5.74) is 2.54. The SMILES string of the molecule is COc1ccc(C(=O)[C@@H]2[C@@H]3C(=O)NC(=O)[C@@H]3[C@@H]3c4ccccc4C=C[NH+]23)cc1. The fourth-order valence-corrected chi connectivity index (χ4v) is 4.90. The van der Waals surface area contributed by atoms with Crippen LogP contribution in [0, 0.1) is 11.8 Å². The fraction of sp³-hybridized carbons (Fsp3) is 0.227. The molecular weight excluding hydrogens is 356 g/mol. The molecule has 0 radical (unpaired) electrons. The molecule has 2 amide bonds. The lowest BCUT2D eigenvalue weighted by Gasteiger charge is -2.29. The Morgan fingerprint density at radius 1 is 1.00 bits per heavy atom. The minimum atomic E-state index is -0.669. The van der Waals surface area contributed by atoms with Gasteiger partial charge in [-0.25, -0.2) is 0 Å². The van der Waals surface area contributed by atoms with E-state index in [1.165, 1.54) is 0 Å². The Bertz CT molecular complexity index is 1030. The number of quaternary nitrogens is 1. The van der Waals surface area contributed by atoms with E-state index in [4.69, 9.17) is 4.74 Å². The van der Waals surface area contributed by atoms with Gasteiger partial charge in [0.15, 0.2) is 6.04 Å². The minimum absolute atomic E-state index is 0.135. The third kappa shape index (κ3) is 2.28. The summed E-state index contributed by atoms with van der Waals surface area (Å²) in [4.78, 5) is 39.5. The zero-order chi connectivity index (χ0) is 19.4. The molecule has 3 aliphatic heterocycles. The molecule has 5 atom stereocenters. The van der Waals surface area contributed by atoms with Crippen molar-refractivity contribution in [3.05, 3.63) is 71.4 Å². The highest BCUT2D eigenvalue weighted by molar-refractivity contribution is 6.11. The average molecular weight is 375 g/mol. The average Bonchev–Trinajstić information content (AvgIpc) is 3.22. The molecule has 28 heavy (non-hydrogen) atoms. The van der Waals surface area contributed by atoms with Gasteiger partial charge in [-0.1, -0.05) is 24.3 Å². The molecule has 1 unspecified atom stereocenters. The number of carbonyl (C=O) groups is 3. The van der Waals surface area contributed by atoms with Gasteiger partial charge in [-0.3, -0.25) is 24.6 Å². The van der Waals surface area contributed by atoms with Crippen LogP contribution in [0.15, 0.2) is 54.7 Å². The number of methoxy groups -OCH3 is 1. The van der Waals surface area contributed by atoms with Crippen LogP contribution < -0.4 is 15.0 Å². The first-order chi connectivity index (χ1) is 13.6. The van der Waals surface area contributed by atoms with Crippen LogP contribution in [0.5, 0.6) is 5.75 Å². The molecule has 2 aromatic rings. The van der Waals surface area contributed by atoms with Gasteiger partial charge in [0.2, 0.25) is 17.6 Å². The molecule has 0 bridgehead atoms. The van der Waals surface area contributed by atoms with E-state index < -0.39 is 17.9 Å². The molecular formula is C22H19N2O4+. The lowest BCUT2D eigenvalue weighted by atomic mass is 9.83. The smallest absolute Gasteiger partial charge is 0.237 e. The van der Waals surface area contributed by atoms with Crippen LogP contribution >= 0.6 is 0 Å². The van der Waals surface area contributed by atoms with Crippen molar-refractivity contribution in [2.75, 3.05) is 7.11 Å². The Kier molecular flexibility index (Phi) is 3.70. The normalized spacial score (nSPS) is 29.7. The number of nitrogens with one attached hydrogen (secondary N) is 2. The van der Waals surface area contributed by atoms with Crippen LogP contribution in [0.2, 0.25) is 0 Å². The number of ketones is 1. The number of benzene rings is 2. The van der Waals surface area contributed by atoms with E-state index in [1.807, 2.05) is 36.5 Å². The first-order valence-electron chi connectivity index (χ1n) is 9.27. The monoisotopic (exact) mass is 375 g/mol. The maximum atomic E-state index is 13.4. The highest BCUT2D eigenvalue weighted by atomic mass is 16.5. The van der Waals surface area contributed by atoms with Crippen molar-refractivity contribution >= 4 is 23.7 Å². The number of rotatable bonds is 3. The van der Waals surface area contributed by atoms with Gasteiger partial charge in [-0.05, 0) is 35.9 Å². The molecule has 0 saturated carbocycles. The summed E-state index contributed by atoms with van der Waals surface area (Å²) >= 11 is 0. The molecule has 140 valence electrons. The molecule has 3 heterocycles. The highest BCUT2D eigenvalue weighted by Crippen LogP contribution is 2.41. The third-order valence-corrected chi connectivity index (χ3v) is 6.12. The van der Waals surface area contributed by atoms with E-state index in [0.29, 0.717) is 11.3 Å². The molecule has 0 aliphatic carbocycles. The topological polar surface area (TPSA) is 76.9 Å². The second kappa shape index (κ2) is 6.14. The van der Waals surface area contributed by atoms with Crippen LogP contribution in [0.4, 0.5) is 0 Å². The molecule has 2 saturated heterocycles. The lowest BCUT2D eigenvalue weighted by Crippen LogP contribution is -3.12. The summed E-state index contributed by atoms with van der Waals surface area (Å²) in [7, 11) is 1.57. The first kappa shape index (κ1) is 16.9. The van der Waals surface area contributed by atoms with Crippen molar-refractivity contribution in [3.63, 3.8) is 0 Å². The number of Topliss-reactive ketones (excluding diaryl/α,β-unsaturated/α-hetero) is 1. The Hall–Kier alpha value is -3.25. The molecule has 6 nitrogen and oxygen atoms in total. The van der Waals surface area contributed by atoms with Gasteiger partial charge >= 0.3 is 0 Å². The Morgan fingerprint density at radius 3 is 2.46 bits per heavy atom. The first-order valence-corrected chi connectivity index (χ1v) is 9.27. The van der Waals surface area contributed by atoms with Crippen LogP contribution in [0.25, 0.3) is 6.08 Å². The molecule has 5 rings (SSSR count).